The predicted molar refractivity (Wildman–Crippen MR) is 104 cm³/mol. The van der Waals surface area contributed by atoms with Crippen LogP contribution in [0.4, 0.5) is 5.69 Å². The van der Waals surface area contributed by atoms with Gasteiger partial charge in [0.2, 0.25) is 0 Å². The quantitative estimate of drug-likeness (QED) is 0.734. The van der Waals surface area contributed by atoms with Gasteiger partial charge in [-0.3, -0.25) is 0 Å². The zero-order valence-electron chi connectivity index (χ0n) is 15.0. The minimum absolute atomic E-state index is 0.0213. The van der Waals surface area contributed by atoms with E-state index < -0.39 is 5.97 Å². The number of ether oxygens (including phenoxy) is 2. The lowest BCUT2D eigenvalue weighted by Crippen LogP contribution is -2.31. The van der Waals surface area contributed by atoms with Crippen LogP contribution in [0.3, 0.4) is 0 Å². The van der Waals surface area contributed by atoms with Gasteiger partial charge in [0.25, 0.3) is 0 Å². The van der Waals surface area contributed by atoms with Gasteiger partial charge in [-0.05, 0) is 48.2 Å². The summed E-state index contributed by atoms with van der Waals surface area (Å²) in [6.07, 6.45) is 5.04. The molecule has 1 heterocycles. The maximum atomic E-state index is 11.8. The number of rotatable bonds is 4. The molecule has 6 heteroatoms. The van der Waals surface area contributed by atoms with Crippen molar-refractivity contribution in [2.24, 2.45) is 5.92 Å². The number of carboxylic acids is 1. The summed E-state index contributed by atoms with van der Waals surface area (Å²) in [7, 11) is 3.27. The molecule has 1 aliphatic carbocycles. The zero-order chi connectivity index (χ0) is 19.1. The number of halogens is 1. The standard InChI is InChI=1S/C21H20ClNO4/c1-26-11-6-9-17(27-2)15(10-11)19-13-5-3-4-12(13)18-14(21(24)25)7-8-16(22)20(18)23-19/h3-4,6-10,12-13,19,23H,5H2,1-2H3,(H,24,25)/t12-,13+,19-/m0/s1. The topological polar surface area (TPSA) is 67.8 Å². The average Bonchev–Trinajstić information content (AvgIpc) is 3.17. The first-order chi connectivity index (χ1) is 13.0. The van der Waals surface area contributed by atoms with Gasteiger partial charge in [-0.15, -0.1) is 0 Å². The Balaban J connectivity index is 1.89. The molecular formula is C21H20ClNO4. The Morgan fingerprint density at radius 3 is 2.74 bits per heavy atom. The maximum Gasteiger partial charge on any atom is 0.336 e. The minimum atomic E-state index is -0.943. The molecule has 0 saturated heterocycles. The number of fused-ring (bicyclic) bond motifs is 3. The van der Waals surface area contributed by atoms with E-state index in [9.17, 15) is 9.90 Å². The largest absolute Gasteiger partial charge is 0.497 e. The summed E-state index contributed by atoms with van der Waals surface area (Å²) in [6.45, 7) is 0. The summed E-state index contributed by atoms with van der Waals surface area (Å²) in [5.41, 5.74) is 2.70. The Bertz CT molecular complexity index is 940. The second-order valence-electron chi connectivity index (χ2n) is 6.77. The van der Waals surface area contributed by atoms with Crippen molar-refractivity contribution in [1.29, 1.82) is 0 Å². The van der Waals surface area contributed by atoms with E-state index in [-0.39, 0.29) is 17.9 Å². The number of aromatic carboxylic acids is 1. The van der Waals surface area contributed by atoms with Crippen molar-refractivity contribution >= 4 is 23.3 Å². The van der Waals surface area contributed by atoms with Crippen molar-refractivity contribution in [3.63, 3.8) is 0 Å². The molecular weight excluding hydrogens is 366 g/mol. The molecule has 2 aromatic rings. The molecule has 4 rings (SSSR count). The molecule has 0 amide bonds. The molecule has 0 saturated carbocycles. The Kier molecular flexibility index (Phi) is 4.48. The second kappa shape index (κ2) is 6.82. The molecule has 0 fully saturated rings. The molecule has 140 valence electrons. The number of carbonyl (C=O) groups is 1. The first kappa shape index (κ1) is 17.7. The van der Waals surface area contributed by atoms with E-state index in [1.807, 2.05) is 18.2 Å². The van der Waals surface area contributed by atoms with Gasteiger partial charge < -0.3 is 19.9 Å². The average molecular weight is 386 g/mol. The van der Waals surface area contributed by atoms with E-state index in [1.54, 1.807) is 26.4 Å². The van der Waals surface area contributed by atoms with Crippen LogP contribution in [0, 0.1) is 5.92 Å². The summed E-state index contributed by atoms with van der Waals surface area (Å²) < 4.78 is 11.0. The highest BCUT2D eigenvalue weighted by atomic mass is 35.5. The Labute approximate surface area is 162 Å². The van der Waals surface area contributed by atoms with E-state index in [0.717, 1.165) is 29.0 Å². The van der Waals surface area contributed by atoms with Crippen LogP contribution >= 0.6 is 11.6 Å². The van der Waals surface area contributed by atoms with Gasteiger partial charge >= 0.3 is 5.97 Å². The van der Waals surface area contributed by atoms with E-state index in [0.29, 0.717) is 16.3 Å². The summed E-state index contributed by atoms with van der Waals surface area (Å²) in [5.74, 6) is 0.697. The van der Waals surface area contributed by atoms with Crippen molar-refractivity contribution in [1.82, 2.24) is 0 Å². The third-order valence-electron chi connectivity index (χ3n) is 5.47. The molecule has 2 aliphatic rings. The van der Waals surface area contributed by atoms with E-state index in [2.05, 4.69) is 17.5 Å². The van der Waals surface area contributed by atoms with Gasteiger partial charge in [0.05, 0.1) is 36.5 Å². The fourth-order valence-corrected chi connectivity index (χ4v) is 4.47. The van der Waals surface area contributed by atoms with Gasteiger partial charge in [0.15, 0.2) is 0 Å². The van der Waals surface area contributed by atoms with Crippen molar-refractivity contribution < 1.29 is 19.4 Å². The van der Waals surface area contributed by atoms with Gasteiger partial charge in [-0.2, -0.15) is 0 Å². The lowest BCUT2D eigenvalue weighted by atomic mass is 9.75. The van der Waals surface area contributed by atoms with E-state index >= 15 is 0 Å². The molecule has 2 N–H and O–H groups in total. The highest BCUT2D eigenvalue weighted by Crippen LogP contribution is 2.54. The summed E-state index contributed by atoms with van der Waals surface area (Å²) in [6, 6.07) is 8.85. The SMILES string of the molecule is COc1ccc(OC)c([C@H]2Nc3c(Cl)ccc(C(=O)O)c3[C@H]3C=CC[C@H]32)c1. The third kappa shape index (κ3) is 2.82. The number of hydrogen-bond acceptors (Lipinski definition) is 4. The molecule has 0 aromatic heterocycles. The Hall–Kier alpha value is -2.66. The van der Waals surface area contributed by atoms with Gasteiger partial charge in [0.1, 0.15) is 11.5 Å². The normalized spacial score (nSPS) is 22.6. The zero-order valence-corrected chi connectivity index (χ0v) is 15.8. The fourth-order valence-electron chi connectivity index (χ4n) is 4.25. The Morgan fingerprint density at radius 2 is 2.04 bits per heavy atom. The summed E-state index contributed by atoms with van der Waals surface area (Å²) in [5, 5.41) is 13.7. The number of anilines is 1. The van der Waals surface area contributed by atoms with Gasteiger partial charge in [-0.1, -0.05) is 23.8 Å². The van der Waals surface area contributed by atoms with Gasteiger partial charge in [-0.25, -0.2) is 4.79 Å². The number of allylic oxidation sites excluding steroid dienone is 2. The molecule has 0 spiro atoms. The third-order valence-corrected chi connectivity index (χ3v) is 5.79. The maximum absolute atomic E-state index is 11.8. The van der Waals surface area contributed by atoms with Crippen molar-refractivity contribution in [2.45, 2.75) is 18.4 Å². The van der Waals surface area contributed by atoms with Crippen LogP contribution in [0.15, 0.2) is 42.5 Å². The molecule has 3 atom stereocenters. The number of methoxy groups -OCH3 is 2. The molecule has 0 bridgehead atoms. The van der Waals surface area contributed by atoms with Crippen LogP contribution in [-0.4, -0.2) is 25.3 Å². The molecule has 5 nitrogen and oxygen atoms in total. The minimum Gasteiger partial charge on any atom is -0.497 e. The second-order valence-corrected chi connectivity index (χ2v) is 7.18. The predicted octanol–water partition coefficient (Wildman–Crippen LogP) is 4.88. The van der Waals surface area contributed by atoms with Crippen LogP contribution in [-0.2, 0) is 0 Å². The smallest absolute Gasteiger partial charge is 0.336 e. The van der Waals surface area contributed by atoms with E-state index in [4.69, 9.17) is 21.1 Å². The lowest BCUT2D eigenvalue weighted by Gasteiger charge is -2.39. The van der Waals surface area contributed by atoms with Crippen molar-refractivity contribution in [3.05, 3.63) is 64.2 Å². The molecule has 27 heavy (non-hydrogen) atoms. The number of nitrogens with one attached hydrogen (secondary N) is 1. The number of hydrogen-bond donors (Lipinski definition) is 2. The molecule has 0 unspecified atom stereocenters. The van der Waals surface area contributed by atoms with Crippen LogP contribution in [0.25, 0.3) is 0 Å². The van der Waals surface area contributed by atoms with Crippen LogP contribution < -0.4 is 14.8 Å². The first-order valence-corrected chi connectivity index (χ1v) is 9.13. The van der Waals surface area contributed by atoms with Gasteiger partial charge in [0, 0.05) is 11.5 Å². The highest BCUT2D eigenvalue weighted by molar-refractivity contribution is 6.33. The summed E-state index contributed by atoms with van der Waals surface area (Å²) in [4.78, 5) is 11.8. The van der Waals surface area contributed by atoms with Crippen LogP contribution in [0.1, 0.15) is 39.9 Å². The summed E-state index contributed by atoms with van der Waals surface area (Å²) >= 11 is 6.46. The highest BCUT2D eigenvalue weighted by Gasteiger charge is 2.41. The molecule has 0 radical (unpaired) electrons. The van der Waals surface area contributed by atoms with Crippen molar-refractivity contribution in [3.8, 4) is 11.5 Å². The number of benzene rings is 2. The molecule has 2 aromatic carbocycles. The first-order valence-electron chi connectivity index (χ1n) is 8.76. The van der Waals surface area contributed by atoms with E-state index in [1.165, 1.54) is 0 Å². The van der Waals surface area contributed by atoms with Crippen LogP contribution in [0.2, 0.25) is 5.02 Å². The number of carboxylic acid groups (broad SMARTS) is 1. The molecule has 1 aliphatic heterocycles. The Morgan fingerprint density at radius 1 is 1.22 bits per heavy atom. The van der Waals surface area contributed by atoms with Crippen molar-refractivity contribution in [2.75, 3.05) is 19.5 Å². The fraction of sp³-hybridized carbons (Fsp3) is 0.286. The monoisotopic (exact) mass is 385 g/mol. The van der Waals surface area contributed by atoms with Crippen LogP contribution in [0.5, 0.6) is 11.5 Å². The lowest BCUT2D eigenvalue weighted by molar-refractivity contribution is 0.0695.